The zero-order valence-corrected chi connectivity index (χ0v) is 13.3. The van der Waals surface area contributed by atoms with E-state index in [1.165, 1.54) is 24.3 Å². The minimum atomic E-state index is -1.14. The summed E-state index contributed by atoms with van der Waals surface area (Å²) in [4.78, 5) is 23.1. The van der Waals surface area contributed by atoms with Crippen molar-refractivity contribution < 1.29 is 28.2 Å². The number of aromatic carboxylic acids is 1. The Morgan fingerprint density at radius 2 is 2.12 bits per heavy atom. The molecule has 1 heterocycles. The summed E-state index contributed by atoms with van der Waals surface area (Å²) in [6.07, 6.45) is -0.0381. The molecule has 0 saturated carbocycles. The maximum atomic E-state index is 13.1. The van der Waals surface area contributed by atoms with Gasteiger partial charge in [0.1, 0.15) is 29.0 Å². The number of benzene rings is 1. The lowest BCUT2D eigenvalue weighted by Gasteiger charge is -2.15. The molecular formula is C17H18FNO5. The fraction of sp³-hybridized carbons (Fsp3) is 0.294. The number of aryl methyl sites for hydroxylation is 1. The van der Waals surface area contributed by atoms with Gasteiger partial charge in [0.05, 0.1) is 6.54 Å². The van der Waals surface area contributed by atoms with Gasteiger partial charge in [0.25, 0.3) is 5.91 Å². The van der Waals surface area contributed by atoms with Crippen LogP contribution in [0.25, 0.3) is 0 Å². The number of carboxylic acid groups (broad SMARTS) is 1. The molecule has 128 valence electrons. The van der Waals surface area contributed by atoms with Crippen molar-refractivity contribution in [3.63, 3.8) is 0 Å². The van der Waals surface area contributed by atoms with Crippen LogP contribution in [-0.4, -0.2) is 29.6 Å². The fourth-order valence-corrected chi connectivity index (χ4v) is 2.12. The molecule has 0 aliphatic heterocycles. The maximum absolute atomic E-state index is 13.1. The van der Waals surface area contributed by atoms with Crippen molar-refractivity contribution in [2.75, 3.05) is 6.54 Å². The van der Waals surface area contributed by atoms with Gasteiger partial charge in [-0.05, 0) is 19.1 Å². The van der Waals surface area contributed by atoms with Gasteiger partial charge in [0.2, 0.25) is 0 Å². The van der Waals surface area contributed by atoms with Crippen LogP contribution in [0.5, 0.6) is 5.75 Å². The van der Waals surface area contributed by atoms with E-state index in [9.17, 15) is 14.0 Å². The molecule has 6 nitrogen and oxygen atoms in total. The molecule has 2 rings (SSSR count). The highest BCUT2D eigenvalue weighted by Gasteiger charge is 2.20. The first-order chi connectivity index (χ1) is 11.4. The molecule has 0 spiro atoms. The topological polar surface area (TPSA) is 88.8 Å². The Kier molecular flexibility index (Phi) is 5.57. The van der Waals surface area contributed by atoms with E-state index in [1.54, 1.807) is 19.9 Å². The number of ether oxygens (including phenoxy) is 1. The molecule has 1 aromatic carbocycles. The van der Waals surface area contributed by atoms with E-state index in [-0.39, 0.29) is 23.6 Å². The molecule has 24 heavy (non-hydrogen) atoms. The smallest absolute Gasteiger partial charge is 0.339 e. The van der Waals surface area contributed by atoms with Crippen LogP contribution in [0.15, 0.2) is 34.7 Å². The third-order valence-corrected chi connectivity index (χ3v) is 3.27. The lowest BCUT2D eigenvalue weighted by atomic mass is 10.2. The number of rotatable bonds is 7. The van der Waals surface area contributed by atoms with Gasteiger partial charge < -0.3 is 19.6 Å². The van der Waals surface area contributed by atoms with Gasteiger partial charge in [-0.3, -0.25) is 4.79 Å². The van der Waals surface area contributed by atoms with Crippen LogP contribution in [0, 0.1) is 5.82 Å². The second kappa shape index (κ2) is 7.63. The van der Waals surface area contributed by atoms with E-state index < -0.39 is 23.8 Å². The predicted molar refractivity (Wildman–Crippen MR) is 83.9 cm³/mol. The average molecular weight is 335 g/mol. The van der Waals surface area contributed by atoms with Crippen molar-refractivity contribution in [3.05, 3.63) is 53.2 Å². The quantitative estimate of drug-likeness (QED) is 0.812. The van der Waals surface area contributed by atoms with Crippen LogP contribution in [-0.2, 0) is 6.42 Å². The number of hydrogen-bond donors (Lipinski definition) is 2. The Labute approximate surface area is 138 Å². The molecule has 0 aliphatic rings. The second-order valence-corrected chi connectivity index (χ2v) is 5.20. The molecule has 1 aromatic heterocycles. The first kappa shape index (κ1) is 17.5. The number of halogens is 1. The Hall–Kier alpha value is -2.83. The third-order valence-electron chi connectivity index (χ3n) is 3.27. The van der Waals surface area contributed by atoms with E-state index >= 15 is 0 Å². The SMILES string of the molecule is CCc1oc(C(=O)NCC(C)Oc2cccc(F)c2)cc1C(=O)O. The first-order valence-corrected chi connectivity index (χ1v) is 7.47. The number of furan rings is 1. The summed E-state index contributed by atoms with van der Waals surface area (Å²) in [5, 5.41) is 11.6. The van der Waals surface area contributed by atoms with Crippen LogP contribution >= 0.6 is 0 Å². The van der Waals surface area contributed by atoms with E-state index in [1.807, 2.05) is 0 Å². The Bertz CT molecular complexity index is 740. The zero-order valence-electron chi connectivity index (χ0n) is 13.3. The summed E-state index contributed by atoms with van der Waals surface area (Å²) in [7, 11) is 0. The molecule has 7 heteroatoms. The lowest BCUT2D eigenvalue weighted by molar-refractivity contribution is 0.0694. The standard InChI is InChI=1S/C17H18FNO5/c1-3-14-13(17(21)22)8-15(24-14)16(20)19-9-10(2)23-12-6-4-5-11(18)7-12/h4-8,10H,3,9H2,1-2H3,(H,19,20)(H,21,22). The molecule has 1 unspecified atom stereocenters. The van der Waals surface area contributed by atoms with Crippen molar-refractivity contribution in [1.82, 2.24) is 5.32 Å². The van der Waals surface area contributed by atoms with Crippen molar-refractivity contribution in [1.29, 1.82) is 0 Å². The van der Waals surface area contributed by atoms with Crippen LogP contribution < -0.4 is 10.1 Å². The number of nitrogens with one attached hydrogen (secondary N) is 1. The molecule has 0 saturated heterocycles. The van der Waals surface area contributed by atoms with Crippen LogP contribution in [0.3, 0.4) is 0 Å². The molecule has 0 aliphatic carbocycles. The van der Waals surface area contributed by atoms with E-state index in [4.69, 9.17) is 14.3 Å². The monoisotopic (exact) mass is 335 g/mol. The summed E-state index contributed by atoms with van der Waals surface area (Å²) < 4.78 is 23.8. The summed E-state index contributed by atoms with van der Waals surface area (Å²) in [6.45, 7) is 3.61. The predicted octanol–water partition coefficient (Wildman–Crippen LogP) is 2.88. The first-order valence-electron chi connectivity index (χ1n) is 7.47. The van der Waals surface area contributed by atoms with Gasteiger partial charge in [-0.25, -0.2) is 9.18 Å². The molecule has 0 radical (unpaired) electrons. The zero-order chi connectivity index (χ0) is 17.7. The molecular weight excluding hydrogens is 317 g/mol. The minimum Gasteiger partial charge on any atom is -0.489 e. The number of hydrogen-bond acceptors (Lipinski definition) is 4. The van der Waals surface area contributed by atoms with Gasteiger partial charge in [0.15, 0.2) is 5.76 Å². The van der Waals surface area contributed by atoms with Crippen molar-refractivity contribution in [2.45, 2.75) is 26.4 Å². The van der Waals surface area contributed by atoms with Crippen LogP contribution in [0.1, 0.15) is 40.5 Å². The minimum absolute atomic E-state index is 0.0216. The molecule has 1 atom stereocenters. The normalized spacial score (nSPS) is 11.8. The van der Waals surface area contributed by atoms with Gasteiger partial charge >= 0.3 is 5.97 Å². The van der Waals surface area contributed by atoms with Crippen molar-refractivity contribution in [2.24, 2.45) is 0 Å². The Morgan fingerprint density at radius 3 is 2.71 bits per heavy atom. The Balaban J connectivity index is 1.94. The molecule has 0 bridgehead atoms. The van der Waals surface area contributed by atoms with E-state index in [0.29, 0.717) is 12.2 Å². The summed E-state index contributed by atoms with van der Waals surface area (Å²) in [5.74, 6) is -1.55. The molecule has 2 aromatic rings. The van der Waals surface area contributed by atoms with Crippen LogP contribution in [0.4, 0.5) is 4.39 Å². The highest BCUT2D eigenvalue weighted by atomic mass is 19.1. The van der Waals surface area contributed by atoms with Crippen LogP contribution in [0.2, 0.25) is 0 Å². The maximum Gasteiger partial charge on any atom is 0.339 e. The number of amides is 1. The van der Waals surface area contributed by atoms with Crippen molar-refractivity contribution in [3.8, 4) is 5.75 Å². The molecule has 1 amide bonds. The molecule has 2 N–H and O–H groups in total. The number of carboxylic acids is 1. The third kappa shape index (κ3) is 4.34. The molecule has 0 fully saturated rings. The van der Waals surface area contributed by atoms with Gasteiger partial charge in [-0.1, -0.05) is 13.0 Å². The van der Waals surface area contributed by atoms with E-state index in [0.717, 1.165) is 0 Å². The van der Waals surface area contributed by atoms with Crippen molar-refractivity contribution >= 4 is 11.9 Å². The van der Waals surface area contributed by atoms with Gasteiger partial charge in [0, 0.05) is 18.6 Å². The Morgan fingerprint density at radius 1 is 1.38 bits per heavy atom. The summed E-state index contributed by atoms with van der Waals surface area (Å²) >= 11 is 0. The lowest BCUT2D eigenvalue weighted by Crippen LogP contribution is -2.33. The fourth-order valence-electron chi connectivity index (χ4n) is 2.12. The number of carbonyl (C=O) groups is 2. The highest BCUT2D eigenvalue weighted by molar-refractivity contribution is 5.96. The highest BCUT2D eigenvalue weighted by Crippen LogP contribution is 2.17. The summed E-state index contributed by atoms with van der Waals surface area (Å²) in [6, 6.07) is 6.90. The van der Waals surface area contributed by atoms with E-state index in [2.05, 4.69) is 5.32 Å². The summed E-state index contributed by atoms with van der Waals surface area (Å²) in [5.41, 5.74) is -0.0216. The average Bonchev–Trinajstić information content (AvgIpc) is 2.97. The van der Waals surface area contributed by atoms with Gasteiger partial charge in [-0.15, -0.1) is 0 Å². The number of carbonyl (C=O) groups excluding carboxylic acids is 1. The van der Waals surface area contributed by atoms with Gasteiger partial charge in [-0.2, -0.15) is 0 Å². The second-order valence-electron chi connectivity index (χ2n) is 5.20. The largest absolute Gasteiger partial charge is 0.489 e.